The van der Waals surface area contributed by atoms with E-state index in [4.69, 9.17) is 4.74 Å². The highest BCUT2D eigenvalue weighted by Gasteiger charge is 2.19. The first-order valence-electron chi connectivity index (χ1n) is 7.89. The molecule has 0 unspecified atom stereocenters. The fourth-order valence-corrected chi connectivity index (χ4v) is 2.16. The van der Waals surface area contributed by atoms with Crippen LogP contribution in [-0.2, 0) is 4.74 Å². The van der Waals surface area contributed by atoms with Crippen molar-refractivity contribution in [1.82, 2.24) is 0 Å². The van der Waals surface area contributed by atoms with Crippen LogP contribution >= 0.6 is 0 Å². The third-order valence-electron chi connectivity index (χ3n) is 3.50. The van der Waals surface area contributed by atoms with E-state index in [0.29, 0.717) is 17.9 Å². The Hall–Kier alpha value is -3.49. The highest BCUT2D eigenvalue weighted by atomic mass is 16.6. The topological polar surface area (TPSA) is 125 Å². The predicted octanol–water partition coefficient (Wildman–Crippen LogP) is 4.20. The molecule has 0 saturated heterocycles. The molecule has 0 saturated carbocycles. The van der Waals surface area contributed by atoms with E-state index < -0.39 is 21.5 Å². The first kappa shape index (κ1) is 18.8. The molecule has 0 bridgehead atoms. The Morgan fingerprint density at radius 3 is 2.54 bits per heavy atom. The number of carbonyl (C=O) groups is 1. The first-order valence-corrected chi connectivity index (χ1v) is 7.89. The van der Waals surface area contributed by atoms with Crippen molar-refractivity contribution in [2.45, 2.75) is 19.8 Å². The summed E-state index contributed by atoms with van der Waals surface area (Å²) in [4.78, 5) is 32.5. The van der Waals surface area contributed by atoms with E-state index in [1.807, 2.05) is 6.92 Å². The summed E-state index contributed by atoms with van der Waals surface area (Å²) in [6.45, 7) is 2.30. The lowest BCUT2D eigenvalue weighted by molar-refractivity contribution is -0.393. The number of esters is 1. The highest BCUT2D eigenvalue weighted by molar-refractivity contribution is 5.91. The zero-order valence-electron chi connectivity index (χ0n) is 14.0. The number of nitro benzene ring substituents is 2. The largest absolute Gasteiger partial charge is 0.462 e. The van der Waals surface area contributed by atoms with E-state index in [-0.39, 0.29) is 11.4 Å². The maximum Gasteiger partial charge on any atom is 0.338 e. The SMILES string of the molecule is CCCCOC(=O)c1cccc(Nc2ccc([N+](=O)[O-])cc2[N+](=O)[O-])c1. The van der Waals surface area contributed by atoms with Gasteiger partial charge in [-0.1, -0.05) is 19.4 Å². The summed E-state index contributed by atoms with van der Waals surface area (Å²) in [5.41, 5.74) is -0.00899. The highest BCUT2D eigenvalue weighted by Crippen LogP contribution is 2.31. The zero-order chi connectivity index (χ0) is 19.1. The fourth-order valence-electron chi connectivity index (χ4n) is 2.16. The minimum atomic E-state index is -0.710. The molecule has 9 nitrogen and oxygen atoms in total. The number of carbonyl (C=O) groups excluding carboxylic acids is 1. The van der Waals surface area contributed by atoms with Crippen molar-refractivity contribution in [3.8, 4) is 0 Å². The van der Waals surface area contributed by atoms with Crippen molar-refractivity contribution < 1.29 is 19.4 Å². The van der Waals surface area contributed by atoms with Crippen LogP contribution in [0, 0.1) is 20.2 Å². The number of rotatable bonds is 8. The van der Waals surface area contributed by atoms with Crippen LogP contribution < -0.4 is 5.32 Å². The number of benzene rings is 2. The number of unbranched alkanes of at least 4 members (excludes halogenated alkanes) is 1. The molecular weight excluding hydrogens is 342 g/mol. The van der Waals surface area contributed by atoms with Crippen LogP contribution in [0.4, 0.5) is 22.7 Å². The molecule has 136 valence electrons. The summed E-state index contributed by atoms with van der Waals surface area (Å²) in [6, 6.07) is 9.60. The van der Waals surface area contributed by atoms with Gasteiger partial charge in [-0.15, -0.1) is 0 Å². The van der Waals surface area contributed by atoms with Crippen LogP contribution in [0.3, 0.4) is 0 Å². The van der Waals surface area contributed by atoms with Gasteiger partial charge in [-0.3, -0.25) is 20.2 Å². The van der Waals surface area contributed by atoms with Crippen molar-refractivity contribution in [3.63, 3.8) is 0 Å². The van der Waals surface area contributed by atoms with Crippen LogP contribution in [0.5, 0.6) is 0 Å². The lowest BCUT2D eigenvalue weighted by Gasteiger charge is -2.09. The molecule has 2 aromatic carbocycles. The molecule has 0 aliphatic rings. The van der Waals surface area contributed by atoms with Crippen LogP contribution in [0.15, 0.2) is 42.5 Å². The summed E-state index contributed by atoms with van der Waals surface area (Å²) in [5, 5.41) is 24.8. The van der Waals surface area contributed by atoms with E-state index in [1.54, 1.807) is 18.2 Å². The Kier molecular flexibility index (Phi) is 6.20. The summed E-state index contributed by atoms with van der Waals surface area (Å²) < 4.78 is 5.13. The monoisotopic (exact) mass is 359 g/mol. The lowest BCUT2D eigenvalue weighted by atomic mass is 10.2. The second kappa shape index (κ2) is 8.56. The van der Waals surface area contributed by atoms with Crippen molar-refractivity contribution in [3.05, 3.63) is 68.3 Å². The molecule has 0 aromatic heterocycles. The Morgan fingerprint density at radius 1 is 1.12 bits per heavy atom. The van der Waals surface area contributed by atoms with Gasteiger partial charge in [-0.2, -0.15) is 0 Å². The molecule has 0 radical (unpaired) electrons. The number of nitrogens with zero attached hydrogens (tertiary/aromatic N) is 2. The van der Waals surface area contributed by atoms with Crippen LogP contribution in [-0.4, -0.2) is 22.4 Å². The molecule has 26 heavy (non-hydrogen) atoms. The van der Waals surface area contributed by atoms with Crippen LogP contribution in [0.2, 0.25) is 0 Å². The Balaban J connectivity index is 2.23. The van der Waals surface area contributed by atoms with Crippen LogP contribution in [0.1, 0.15) is 30.1 Å². The van der Waals surface area contributed by atoms with Gasteiger partial charge in [0.2, 0.25) is 0 Å². The number of nitrogens with one attached hydrogen (secondary N) is 1. The first-order chi connectivity index (χ1) is 12.4. The van der Waals surface area contributed by atoms with Gasteiger partial charge in [0.15, 0.2) is 0 Å². The third-order valence-corrected chi connectivity index (χ3v) is 3.50. The Bertz CT molecular complexity index is 837. The molecule has 0 fully saturated rings. The van der Waals surface area contributed by atoms with Gasteiger partial charge in [0.25, 0.3) is 11.4 Å². The van der Waals surface area contributed by atoms with Crippen molar-refractivity contribution in [2.24, 2.45) is 0 Å². The van der Waals surface area contributed by atoms with E-state index in [0.717, 1.165) is 25.0 Å². The van der Waals surface area contributed by atoms with Gasteiger partial charge in [-0.25, -0.2) is 4.79 Å². The molecule has 9 heteroatoms. The summed E-state index contributed by atoms with van der Waals surface area (Å²) >= 11 is 0. The molecule has 2 rings (SSSR count). The molecule has 0 aliphatic heterocycles. The van der Waals surface area contributed by atoms with Crippen molar-refractivity contribution in [1.29, 1.82) is 0 Å². The van der Waals surface area contributed by atoms with Gasteiger partial charge in [0.1, 0.15) is 5.69 Å². The van der Waals surface area contributed by atoms with Crippen LogP contribution in [0.25, 0.3) is 0 Å². The van der Waals surface area contributed by atoms with Gasteiger partial charge >= 0.3 is 5.97 Å². The number of anilines is 2. The minimum absolute atomic E-state index is 0.0806. The average molecular weight is 359 g/mol. The van der Waals surface area contributed by atoms with Crippen molar-refractivity contribution in [2.75, 3.05) is 11.9 Å². The lowest BCUT2D eigenvalue weighted by Crippen LogP contribution is -2.07. The summed E-state index contributed by atoms with van der Waals surface area (Å²) in [7, 11) is 0. The van der Waals surface area contributed by atoms with Gasteiger partial charge in [0.05, 0.1) is 28.1 Å². The molecule has 2 aromatic rings. The number of hydrogen-bond donors (Lipinski definition) is 1. The third kappa shape index (κ3) is 4.76. The number of non-ortho nitro benzene ring substituents is 1. The standard InChI is InChI=1S/C17H17N3O6/c1-2-3-9-26-17(21)12-5-4-6-13(10-12)18-15-8-7-14(19(22)23)11-16(15)20(24)25/h4-8,10-11,18H,2-3,9H2,1H3. The predicted molar refractivity (Wildman–Crippen MR) is 94.7 cm³/mol. The zero-order valence-corrected chi connectivity index (χ0v) is 14.0. The maximum atomic E-state index is 12.0. The summed E-state index contributed by atoms with van der Waals surface area (Å²) in [5.74, 6) is -0.486. The van der Waals surface area contributed by atoms with Crippen molar-refractivity contribution >= 4 is 28.7 Å². The molecule has 0 spiro atoms. The number of nitro groups is 2. The number of hydrogen-bond acceptors (Lipinski definition) is 7. The smallest absolute Gasteiger partial charge is 0.338 e. The van der Waals surface area contributed by atoms with E-state index in [2.05, 4.69) is 5.32 Å². The normalized spacial score (nSPS) is 10.2. The molecule has 0 atom stereocenters. The molecule has 0 heterocycles. The quantitative estimate of drug-likeness (QED) is 0.324. The summed E-state index contributed by atoms with van der Waals surface area (Å²) in [6.07, 6.45) is 1.66. The van der Waals surface area contributed by atoms with E-state index in [9.17, 15) is 25.0 Å². The minimum Gasteiger partial charge on any atom is -0.462 e. The molecule has 1 N–H and O–H groups in total. The molecule has 0 amide bonds. The second-order valence-electron chi connectivity index (χ2n) is 5.41. The fraction of sp³-hybridized carbons (Fsp3) is 0.235. The average Bonchev–Trinajstić information content (AvgIpc) is 2.62. The Morgan fingerprint density at radius 2 is 1.88 bits per heavy atom. The van der Waals surface area contributed by atoms with Gasteiger partial charge in [0, 0.05) is 11.8 Å². The molecular formula is C17H17N3O6. The van der Waals surface area contributed by atoms with Gasteiger partial charge in [-0.05, 0) is 30.7 Å². The van der Waals surface area contributed by atoms with E-state index >= 15 is 0 Å². The van der Waals surface area contributed by atoms with Gasteiger partial charge < -0.3 is 10.1 Å². The molecule has 0 aliphatic carbocycles. The number of ether oxygens (including phenoxy) is 1. The Labute approximate surface area is 148 Å². The second-order valence-corrected chi connectivity index (χ2v) is 5.41. The van der Waals surface area contributed by atoms with E-state index in [1.165, 1.54) is 12.1 Å². The maximum absolute atomic E-state index is 12.0.